The Morgan fingerprint density at radius 2 is 2.16 bits per heavy atom. The van der Waals surface area contributed by atoms with E-state index in [2.05, 4.69) is 14.9 Å². The molecule has 0 amide bonds. The number of hydrogen-bond donors (Lipinski definition) is 3. The molecule has 7 nitrogen and oxygen atoms in total. The second-order valence-corrected chi connectivity index (χ2v) is 6.50. The molecular weight excluding hydrogens is 342 g/mol. The first-order valence-electron chi connectivity index (χ1n) is 8.14. The normalized spacial score (nSPS) is 19.5. The summed E-state index contributed by atoms with van der Waals surface area (Å²) in [5.74, 6) is 0.992. The molecule has 8 heteroatoms. The zero-order valence-electron chi connectivity index (χ0n) is 14.0. The van der Waals surface area contributed by atoms with Crippen molar-refractivity contribution < 1.29 is 9.84 Å². The number of benzene rings is 1. The van der Waals surface area contributed by atoms with Gasteiger partial charge in [-0.2, -0.15) is 4.98 Å². The van der Waals surface area contributed by atoms with Gasteiger partial charge in [0.05, 0.1) is 12.6 Å². The predicted molar refractivity (Wildman–Crippen MR) is 97.3 cm³/mol. The van der Waals surface area contributed by atoms with E-state index in [-0.39, 0.29) is 12.0 Å². The van der Waals surface area contributed by atoms with Gasteiger partial charge in [-0.3, -0.25) is 0 Å². The molecule has 3 rings (SSSR count). The van der Waals surface area contributed by atoms with E-state index in [0.717, 1.165) is 30.0 Å². The van der Waals surface area contributed by atoms with Crippen LogP contribution in [0.3, 0.4) is 0 Å². The van der Waals surface area contributed by atoms with Gasteiger partial charge in [0.2, 0.25) is 5.95 Å². The number of anilines is 2. The van der Waals surface area contributed by atoms with Crippen LogP contribution < -0.4 is 16.4 Å². The van der Waals surface area contributed by atoms with Crippen LogP contribution in [0.2, 0.25) is 5.02 Å². The average Bonchev–Trinajstić information content (AvgIpc) is 2.79. The standard InChI is InChI=1S/C17H22ClN5O2/c1-10-7-15(22-17(20)21-10)23-5-2-6-25-9-14(23)12-4-3-11(16(19)24)8-13(12)18/h3-4,7-8,14,16,24H,2,5-6,9,19H2,1H3,(H2,20,21,22)/t14-,16?/m0/s1. The summed E-state index contributed by atoms with van der Waals surface area (Å²) < 4.78 is 5.76. The molecule has 134 valence electrons. The van der Waals surface area contributed by atoms with Gasteiger partial charge in [0.15, 0.2) is 0 Å². The SMILES string of the molecule is Cc1cc(N2CCCOC[C@H]2c2ccc(C(N)O)cc2Cl)nc(N)n1. The quantitative estimate of drug-likeness (QED) is 0.714. The van der Waals surface area contributed by atoms with Gasteiger partial charge >= 0.3 is 0 Å². The molecular formula is C17H22ClN5O2. The van der Waals surface area contributed by atoms with E-state index in [1.54, 1.807) is 12.1 Å². The van der Waals surface area contributed by atoms with Crippen LogP contribution in [-0.4, -0.2) is 34.8 Å². The van der Waals surface area contributed by atoms with Crippen molar-refractivity contribution in [3.63, 3.8) is 0 Å². The van der Waals surface area contributed by atoms with Gasteiger partial charge in [-0.25, -0.2) is 4.98 Å². The van der Waals surface area contributed by atoms with Crippen LogP contribution in [0, 0.1) is 6.92 Å². The smallest absolute Gasteiger partial charge is 0.222 e. The van der Waals surface area contributed by atoms with Crippen molar-refractivity contribution in [2.75, 3.05) is 30.4 Å². The number of rotatable bonds is 3. The average molecular weight is 364 g/mol. The van der Waals surface area contributed by atoms with Crippen LogP contribution in [0.1, 0.15) is 35.5 Å². The Hall–Kier alpha value is -1.93. The molecule has 2 heterocycles. The van der Waals surface area contributed by atoms with Crippen molar-refractivity contribution in [3.05, 3.63) is 46.1 Å². The molecule has 1 aliphatic rings. The largest absolute Gasteiger partial charge is 0.379 e. The number of aromatic nitrogens is 2. The Kier molecular flexibility index (Phi) is 5.39. The molecule has 1 saturated heterocycles. The lowest BCUT2D eigenvalue weighted by Crippen LogP contribution is -2.32. The van der Waals surface area contributed by atoms with Crippen molar-refractivity contribution in [1.82, 2.24) is 9.97 Å². The molecule has 25 heavy (non-hydrogen) atoms. The first-order chi connectivity index (χ1) is 12.0. The monoisotopic (exact) mass is 363 g/mol. The lowest BCUT2D eigenvalue weighted by Gasteiger charge is -2.31. The second kappa shape index (κ2) is 7.53. The number of ether oxygens (including phenoxy) is 1. The number of halogens is 1. The minimum absolute atomic E-state index is 0.118. The molecule has 1 aromatic heterocycles. The van der Waals surface area contributed by atoms with Crippen molar-refractivity contribution in [1.29, 1.82) is 0 Å². The lowest BCUT2D eigenvalue weighted by molar-refractivity contribution is 0.134. The number of nitrogens with two attached hydrogens (primary N) is 2. The van der Waals surface area contributed by atoms with Gasteiger partial charge in [0, 0.05) is 29.9 Å². The second-order valence-electron chi connectivity index (χ2n) is 6.09. The summed E-state index contributed by atoms with van der Waals surface area (Å²) in [6.45, 7) is 3.80. The van der Waals surface area contributed by atoms with E-state index >= 15 is 0 Å². The fourth-order valence-electron chi connectivity index (χ4n) is 3.03. The number of aliphatic hydroxyl groups is 1. The molecule has 5 N–H and O–H groups in total. The van der Waals surface area contributed by atoms with E-state index < -0.39 is 6.23 Å². The molecule has 0 aliphatic carbocycles. The van der Waals surface area contributed by atoms with Crippen molar-refractivity contribution >= 4 is 23.4 Å². The van der Waals surface area contributed by atoms with Crippen LogP contribution in [0.15, 0.2) is 24.3 Å². The third kappa shape index (κ3) is 4.01. The minimum Gasteiger partial charge on any atom is -0.379 e. The molecule has 0 bridgehead atoms. The number of aliphatic hydroxyl groups excluding tert-OH is 1. The highest BCUT2D eigenvalue weighted by atomic mass is 35.5. The van der Waals surface area contributed by atoms with Gasteiger partial charge in [-0.1, -0.05) is 23.7 Å². The Bertz CT molecular complexity index is 736. The summed E-state index contributed by atoms with van der Waals surface area (Å²) in [7, 11) is 0. The number of nitrogen functional groups attached to an aromatic ring is 1. The van der Waals surface area contributed by atoms with E-state index in [9.17, 15) is 5.11 Å². The molecule has 2 aromatic rings. The molecule has 0 saturated carbocycles. The highest BCUT2D eigenvalue weighted by Crippen LogP contribution is 2.34. The molecule has 1 aliphatic heterocycles. The zero-order valence-corrected chi connectivity index (χ0v) is 14.8. The van der Waals surface area contributed by atoms with Crippen LogP contribution in [-0.2, 0) is 4.74 Å². The van der Waals surface area contributed by atoms with Gasteiger partial charge in [-0.05, 0) is 30.5 Å². The van der Waals surface area contributed by atoms with E-state index in [0.29, 0.717) is 23.8 Å². The lowest BCUT2D eigenvalue weighted by atomic mass is 10.0. The van der Waals surface area contributed by atoms with Gasteiger partial charge in [-0.15, -0.1) is 0 Å². The summed E-state index contributed by atoms with van der Waals surface area (Å²) in [5, 5.41) is 10.1. The summed E-state index contributed by atoms with van der Waals surface area (Å²) >= 11 is 6.47. The number of nitrogens with zero attached hydrogens (tertiary/aromatic N) is 3. The fraction of sp³-hybridized carbons (Fsp3) is 0.412. The van der Waals surface area contributed by atoms with E-state index in [1.807, 2.05) is 19.1 Å². The van der Waals surface area contributed by atoms with E-state index in [1.165, 1.54) is 0 Å². The molecule has 0 spiro atoms. The Balaban J connectivity index is 2.01. The molecule has 0 radical (unpaired) electrons. The maximum Gasteiger partial charge on any atom is 0.222 e. The predicted octanol–water partition coefficient (Wildman–Crippen LogP) is 1.94. The topological polar surface area (TPSA) is 111 Å². The molecule has 1 fully saturated rings. The summed E-state index contributed by atoms with van der Waals surface area (Å²) in [6, 6.07) is 7.12. The van der Waals surface area contributed by atoms with Crippen LogP contribution in [0.25, 0.3) is 0 Å². The highest BCUT2D eigenvalue weighted by Gasteiger charge is 2.27. The first-order valence-corrected chi connectivity index (χ1v) is 8.52. The van der Waals surface area contributed by atoms with E-state index in [4.69, 9.17) is 27.8 Å². The van der Waals surface area contributed by atoms with Crippen molar-refractivity contribution in [2.45, 2.75) is 25.6 Å². The minimum atomic E-state index is -1.06. The maximum atomic E-state index is 9.54. The third-order valence-corrected chi connectivity index (χ3v) is 4.54. The molecule has 1 unspecified atom stereocenters. The van der Waals surface area contributed by atoms with Gasteiger partial charge < -0.3 is 26.2 Å². The van der Waals surface area contributed by atoms with Crippen molar-refractivity contribution in [2.24, 2.45) is 5.73 Å². The Morgan fingerprint density at radius 3 is 2.84 bits per heavy atom. The number of aryl methyl sites for hydroxylation is 1. The summed E-state index contributed by atoms with van der Waals surface area (Å²) in [5.41, 5.74) is 13.6. The molecule has 1 aromatic carbocycles. The third-order valence-electron chi connectivity index (χ3n) is 4.22. The summed E-state index contributed by atoms with van der Waals surface area (Å²) in [6.07, 6.45) is -0.186. The van der Waals surface area contributed by atoms with Gasteiger partial charge in [0.25, 0.3) is 0 Å². The molecule has 2 atom stereocenters. The fourth-order valence-corrected chi connectivity index (χ4v) is 3.34. The highest BCUT2D eigenvalue weighted by molar-refractivity contribution is 6.31. The van der Waals surface area contributed by atoms with Crippen LogP contribution in [0.4, 0.5) is 11.8 Å². The Morgan fingerprint density at radius 1 is 1.36 bits per heavy atom. The maximum absolute atomic E-state index is 9.54. The summed E-state index contributed by atoms with van der Waals surface area (Å²) in [4.78, 5) is 10.7. The van der Waals surface area contributed by atoms with Crippen molar-refractivity contribution in [3.8, 4) is 0 Å². The number of hydrogen-bond acceptors (Lipinski definition) is 7. The Labute approximate surface area is 151 Å². The van der Waals surface area contributed by atoms with Gasteiger partial charge in [0.1, 0.15) is 12.0 Å². The zero-order chi connectivity index (χ0) is 18.0. The van der Waals surface area contributed by atoms with Crippen LogP contribution >= 0.6 is 11.6 Å². The first kappa shape index (κ1) is 17.9. The van der Waals surface area contributed by atoms with Crippen LogP contribution in [0.5, 0.6) is 0 Å².